The molecule has 10 heteroatoms. The molecule has 0 radical (unpaired) electrons. The summed E-state index contributed by atoms with van der Waals surface area (Å²) in [5, 5.41) is 2.51. The third kappa shape index (κ3) is 4.66. The van der Waals surface area contributed by atoms with Gasteiger partial charge in [-0.05, 0) is 18.1 Å². The van der Waals surface area contributed by atoms with Gasteiger partial charge in [-0.3, -0.25) is 10.2 Å². The van der Waals surface area contributed by atoms with E-state index in [1.54, 1.807) is 18.2 Å². The number of para-hydroxylation sites is 1. The van der Waals surface area contributed by atoms with E-state index in [-0.39, 0.29) is 16.7 Å². The van der Waals surface area contributed by atoms with Crippen molar-refractivity contribution in [3.05, 3.63) is 40.4 Å². The van der Waals surface area contributed by atoms with Crippen molar-refractivity contribution in [2.75, 3.05) is 30.0 Å². The van der Waals surface area contributed by atoms with Gasteiger partial charge in [0.05, 0.1) is 12.8 Å². The van der Waals surface area contributed by atoms with Crippen LogP contribution in [0.2, 0.25) is 4.34 Å². The van der Waals surface area contributed by atoms with Gasteiger partial charge in [-0.1, -0.05) is 41.1 Å². The molecule has 140 valence electrons. The van der Waals surface area contributed by atoms with E-state index >= 15 is 0 Å². The number of carbonyl (C=O) groups is 1. The first-order valence-electron chi connectivity index (χ1n) is 7.77. The van der Waals surface area contributed by atoms with Crippen LogP contribution in [0, 0.1) is 0 Å². The lowest BCUT2D eigenvalue weighted by Crippen LogP contribution is -2.42. The van der Waals surface area contributed by atoms with E-state index in [4.69, 9.17) is 16.3 Å². The molecule has 0 bridgehead atoms. The first-order valence-corrected chi connectivity index (χ1v) is 8.96. The predicted molar refractivity (Wildman–Crippen MR) is 94.2 cm³/mol. The lowest BCUT2D eigenvalue weighted by molar-refractivity contribution is -0.118. The average Bonchev–Trinajstić information content (AvgIpc) is 3.24. The number of hydrogen-bond acceptors (Lipinski definition) is 4. The molecule has 1 aromatic heterocycles. The molecule has 2 aromatic rings. The Kier molecular flexibility index (Phi) is 5.69. The minimum absolute atomic E-state index is 0.0518. The van der Waals surface area contributed by atoms with Crippen molar-refractivity contribution < 1.29 is 22.7 Å². The second kappa shape index (κ2) is 7.81. The third-order valence-electron chi connectivity index (χ3n) is 3.87. The normalized spacial score (nSPS) is 17.3. The van der Waals surface area contributed by atoms with Gasteiger partial charge in [-0.15, -0.1) is 0 Å². The Balaban J connectivity index is 1.92. The average molecular weight is 406 g/mol. The molecule has 1 N–H and O–H groups in total. The number of benzene rings is 1. The van der Waals surface area contributed by atoms with E-state index in [0.717, 1.165) is 11.3 Å². The quantitative estimate of drug-likeness (QED) is 0.787. The maximum atomic E-state index is 13.1. The Morgan fingerprint density at radius 1 is 1.42 bits per heavy atom. The number of hydrogen-bond donors (Lipinski definition) is 1. The molecule has 0 spiro atoms. The number of ether oxygens (including phenoxy) is 1. The smallest absolute Gasteiger partial charge is 0.381 e. The second-order valence-corrected chi connectivity index (χ2v) is 7.38. The number of nitrogens with one attached hydrogen (secondary N) is 1. The molecule has 0 saturated carbocycles. The summed E-state index contributed by atoms with van der Waals surface area (Å²) in [7, 11) is 0. The van der Waals surface area contributed by atoms with E-state index in [2.05, 4.69) is 10.3 Å². The van der Waals surface area contributed by atoms with E-state index < -0.39 is 18.8 Å². The second-order valence-electron chi connectivity index (χ2n) is 5.72. The van der Waals surface area contributed by atoms with Crippen LogP contribution in [0.3, 0.4) is 0 Å². The van der Waals surface area contributed by atoms with Gasteiger partial charge in [0.25, 0.3) is 0 Å². The van der Waals surface area contributed by atoms with Crippen molar-refractivity contribution in [2.24, 2.45) is 0 Å². The highest BCUT2D eigenvalue weighted by atomic mass is 35.5. The predicted octanol–water partition coefficient (Wildman–Crippen LogP) is 4.90. The highest BCUT2D eigenvalue weighted by Crippen LogP contribution is 2.35. The number of thiazole rings is 1. The lowest BCUT2D eigenvalue weighted by atomic mass is 9.96. The number of amides is 2. The summed E-state index contributed by atoms with van der Waals surface area (Å²) in [6.07, 6.45) is -2.54. The van der Waals surface area contributed by atoms with E-state index in [1.165, 1.54) is 12.3 Å². The third-order valence-corrected chi connectivity index (χ3v) is 4.90. The van der Waals surface area contributed by atoms with Crippen molar-refractivity contribution in [3.8, 4) is 0 Å². The Labute approximate surface area is 156 Å². The number of nitrogens with zero attached hydrogens (tertiary/aromatic N) is 2. The van der Waals surface area contributed by atoms with Gasteiger partial charge < -0.3 is 4.74 Å². The standard InChI is InChI=1S/C16H15ClF3N3O2S/c17-13-7-21-14(26-13)22-15(24)23(9-16(18,19)20)12-4-2-1-3-11(12)10-5-6-25-8-10/h1-4,7,10H,5-6,8-9H2,(H,21,22,24). The summed E-state index contributed by atoms with van der Waals surface area (Å²) >= 11 is 6.73. The molecule has 1 fully saturated rings. The summed E-state index contributed by atoms with van der Waals surface area (Å²) in [5.41, 5.74) is 0.863. The topological polar surface area (TPSA) is 54.5 Å². The fraction of sp³-hybridized carbons (Fsp3) is 0.375. The van der Waals surface area contributed by atoms with Crippen LogP contribution >= 0.6 is 22.9 Å². The summed E-state index contributed by atoms with van der Waals surface area (Å²) in [4.78, 5) is 17.1. The summed E-state index contributed by atoms with van der Waals surface area (Å²) in [6.45, 7) is -0.453. The van der Waals surface area contributed by atoms with Gasteiger partial charge in [0, 0.05) is 18.2 Å². The van der Waals surface area contributed by atoms with Crippen molar-refractivity contribution >= 4 is 39.8 Å². The first kappa shape index (κ1) is 18.9. The van der Waals surface area contributed by atoms with Crippen molar-refractivity contribution in [2.45, 2.75) is 18.5 Å². The highest BCUT2D eigenvalue weighted by molar-refractivity contribution is 7.19. The summed E-state index contributed by atoms with van der Waals surface area (Å²) < 4.78 is 45.0. The van der Waals surface area contributed by atoms with Gasteiger partial charge in [-0.25, -0.2) is 9.78 Å². The van der Waals surface area contributed by atoms with E-state index in [9.17, 15) is 18.0 Å². The van der Waals surface area contributed by atoms with Gasteiger partial charge in [0.1, 0.15) is 10.9 Å². The molecule has 1 aliphatic heterocycles. The van der Waals surface area contributed by atoms with Crippen LogP contribution in [0.25, 0.3) is 0 Å². The number of urea groups is 1. The lowest BCUT2D eigenvalue weighted by Gasteiger charge is -2.27. The van der Waals surface area contributed by atoms with Crippen LogP contribution in [-0.2, 0) is 4.74 Å². The minimum Gasteiger partial charge on any atom is -0.381 e. The van der Waals surface area contributed by atoms with Crippen LogP contribution in [-0.4, -0.2) is 36.9 Å². The summed E-state index contributed by atoms with van der Waals surface area (Å²) in [6, 6.07) is 5.66. The van der Waals surface area contributed by atoms with Gasteiger partial charge in [-0.2, -0.15) is 13.2 Å². The zero-order valence-corrected chi connectivity index (χ0v) is 15.0. The largest absolute Gasteiger partial charge is 0.406 e. The number of anilines is 2. The number of halogens is 4. The Morgan fingerprint density at radius 2 is 2.19 bits per heavy atom. The number of rotatable bonds is 4. The molecule has 1 unspecified atom stereocenters. The molecule has 5 nitrogen and oxygen atoms in total. The molecular weight excluding hydrogens is 391 g/mol. The van der Waals surface area contributed by atoms with Crippen LogP contribution in [0.1, 0.15) is 17.9 Å². The number of alkyl halides is 3. The maximum absolute atomic E-state index is 13.1. The molecule has 2 heterocycles. The van der Waals surface area contributed by atoms with Gasteiger partial charge >= 0.3 is 12.2 Å². The number of aromatic nitrogens is 1. The zero-order chi connectivity index (χ0) is 18.7. The van der Waals surface area contributed by atoms with Crippen LogP contribution in [0.4, 0.5) is 28.8 Å². The zero-order valence-electron chi connectivity index (χ0n) is 13.4. The monoisotopic (exact) mass is 405 g/mol. The fourth-order valence-electron chi connectivity index (χ4n) is 2.78. The Bertz CT molecular complexity index is 778. The highest BCUT2D eigenvalue weighted by Gasteiger charge is 2.36. The fourth-order valence-corrected chi connectivity index (χ4v) is 3.58. The van der Waals surface area contributed by atoms with Gasteiger partial charge in [0.2, 0.25) is 0 Å². The first-order chi connectivity index (χ1) is 12.3. The van der Waals surface area contributed by atoms with Crippen LogP contribution < -0.4 is 10.2 Å². The maximum Gasteiger partial charge on any atom is 0.406 e. The molecule has 0 aliphatic carbocycles. The van der Waals surface area contributed by atoms with Crippen molar-refractivity contribution in [1.82, 2.24) is 4.98 Å². The van der Waals surface area contributed by atoms with Crippen LogP contribution in [0.5, 0.6) is 0 Å². The minimum atomic E-state index is -4.56. The Hall–Kier alpha value is -1.84. The van der Waals surface area contributed by atoms with Crippen molar-refractivity contribution in [1.29, 1.82) is 0 Å². The van der Waals surface area contributed by atoms with Crippen molar-refractivity contribution in [3.63, 3.8) is 0 Å². The molecule has 1 aromatic carbocycles. The van der Waals surface area contributed by atoms with Gasteiger partial charge in [0.15, 0.2) is 5.13 Å². The number of carbonyl (C=O) groups excluding carboxylic acids is 1. The summed E-state index contributed by atoms with van der Waals surface area (Å²) in [5.74, 6) is -0.0518. The van der Waals surface area contributed by atoms with Crippen LogP contribution in [0.15, 0.2) is 30.5 Å². The molecule has 2 amide bonds. The molecular formula is C16H15ClF3N3O2S. The molecule has 26 heavy (non-hydrogen) atoms. The van der Waals surface area contributed by atoms with E-state index in [1.807, 2.05) is 0 Å². The molecule has 3 rings (SSSR count). The molecule has 1 saturated heterocycles. The van der Waals surface area contributed by atoms with E-state index in [0.29, 0.717) is 34.4 Å². The molecule has 1 atom stereocenters. The SMILES string of the molecule is O=C(Nc1ncc(Cl)s1)N(CC(F)(F)F)c1ccccc1C1CCOC1. The molecule has 1 aliphatic rings. The Morgan fingerprint density at radius 3 is 2.81 bits per heavy atom.